The fourth-order valence-electron chi connectivity index (χ4n) is 5.07. The molecule has 0 radical (unpaired) electrons. The molecule has 1 heterocycles. The van der Waals surface area contributed by atoms with E-state index in [-0.39, 0.29) is 17.6 Å². The van der Waals surface area contributed by atoms with Crippen LogP contribution in [0.5, 0.6) is 0 Å². The number of hydrogen-bond acceptors (Lipinski definition) is 8. The lowest BCUT2D eigenvalue weighted by atomic mass is 9.57. The van der Waals surface area contributed by atoms with Crippen molar-refractivity contribution in [2.24, 2.45) is 11.3 Å². The number of carbonyl (C=O) groups excluding carboxylic acids is 4. The van der Waals surface area contributed by atoms with Crippen LogP contribution in [0.1, 0.15) is 47.5 Å². The zero-order chi connectivity index (χ0) is 23.2. The minimum atomic E-state index is -0.900. The van der Waals surface area contributed by atoms with E-state index >= 15 is 0 Å². The third kappa shape index (κ3) is 3.91. The summed E-state index contributed by atoms with van der Waals surface area (Å²) in [6, 6.07) is 0. The molecule has 31 heavy (non-hydrogen) atoms. The van der Waals surface area contributed by atoms with Crippen molar-refractivity contribution in [3.63, 3.8) is 0 Å². The van der Waals surface area contributed by atoms with Crippen LogP contribution in [-0.4, -0.2) is 48.3 Å². The molecular weight excluding hydrogens is 404 g/mol. The number of fused-ring (bicyclic) bond motifs is 2. The van der Waals surface area contributed by atoms with Gasteiger partial charge in [-0.3, -0.25) is 9.59 Å². The summed E-state index contributed by atoms with van der Waals surface area (Å²) in [5.41, 5.74) is 0.962. The van der Waals surface area contributed by atoms with Crippen molar-refractivity contribution in [2.45, 2.75) is 71.9 Å². The minimum Gasteiger partial charge on any atom is -0.461 e. The Morgan fingerprint density at radius 3 is 2.26 bits per heavy atom. The van der Waals surface area contributed by atoms with Crippen molar-refractivity contribution < 1.29 is 38.1 Å². The second-order valence-corrected chi connectivity index (χ2v) is 8.75. The standard InChI is InChI=1S/C23H28O8/c1-10(2)21(26)31-20-18-12(4)22(27)30-16(18)9-23(7)17(29-14(6)25)8-15(28-13(5)24)11(3)19(20)23/h15-18,20H,1,4,8-9H2,2-3,5-7H3. The van der Waals surface area contributed by atoms with E-state index in [4.69, 9.17) is 18.9 Å². The fraction of sp³-hybridized carbons (Fsp3) is 0.565. The second-order valence-electron chi connectivity index (χ2n) is 8.75. The third-order valence-electron chi connectivity index (χ3n) is 6.42. The van der Waals surface area contributed by atoms with Crippen LogP contribution in [0.25, 0.3) is 0 Å². The molecule has 1 saturated heterocycles. The predicted molar refractivity (Wildman–Crippen MR) is 108 cm³/mol. The monoisotopic (exact) mass is 432 g/mol. The topological polar surface area (TPSA) is 105 Å². The molecule has 0 aromatic rings. The Balaban J connectivity index is 2.19. The first-order chi connectivity index (χ1) is 14.4. The van der Waals surface area contributed by atoms with Gasteiger partial charge in [0.2, 0.25) is 0 Å². The maximum atomic E-state index is 12.5. The molecule has 8 nitrogen and oxygen atoms in total. The van der Waals surface area contributed by atoms with Crippen LogP contribution in [0.15, 0.2) is 35.5 Å². The van der Waals surface area contributed by atoms with E-state index in [1.807, 2.05) is 6.92 Å². The number of esters is 4. The van der Waals surface area contributed by atoms with E-state index in [0.29, 0.717) is 17.6 Å². The highest BCUT2D eigenvalue weighted by Crippen LogP contribution is 2.57. The molecule has 8 heteroatoms. The van der Waals surface area contributed by atoms with Gasteiger partial charge < -0.3 is 18.9 Å². The van der Waals surface area contributed by atoms with Crippen LogP contribution >= 0.6 is 0 Å². The summed E-state index contributed by atoms with van der Waals surface area (Å²) in [5.74, 6) is -2.74. The van der Waals surface area contributed by atoms with Crippen molar-refractivity contribution in [3.05, 3.63) is 35.5 Å². The van der Waals surface area contributed by atoms with Crippen LogP contribution < -0.4 is 0 Å². The molecule has 1 saturated carbocycles. The molecule has 0 N–H and O–H groups in total. The smallest absolute Gasteiger partial charge is 0.334 e. The summed E-state index contributed by atoms with van der Waals surface area (Å²) in [6.45, 7) is 15.3. The first-order valence-corrected chi connectivity index (χ1v) is 10.2. The SMILES string of the molecule is C=C(C)C(=O)OC1C2=C(C)C(OC(C)=O)CC(OC(C)=O)C2(C)CC2OC(=O)C(=C)C21. The molecular formula is C23H28O8. The van der Waals surface area contributed by atoms with Gasteiger partial charge in [0.15, 0.2) is 0 Å². The normalized spacial score (nSPS) is 34.3. The van der Waals surface area contributed by atoms with Crippen molar-refractivity contribution >= 4 is 23.9 Å². The summed E-state index contributed by atoms with van der Waals surface area (Å²) in [7, 11) is 0. The Morgan fingerprint density at radius 2 is 1.71 bits per heavy atom. The molecule has 6 atom stereocenters. The first kappa shape index (κ1) is 22.8. The molecule has 0 amide bonds. The summed E-state index contributed by atoms with van der Waals surface area (Å²) in [5, 5.41) is 0. The van der Waals surface area contributed by atoms with Gasteiger partial charge in [-0.15, -0.1) is 0 Å². The minimum absolute atomic E-state index is 0.196. The molecule has 0 aromatic carbocycles. The maximum absolute atomic E-state index is 12.5. The van der Waals surface area contributed by atoms with E-state index in [1.54, 1.807) is 6.92 Å². The van der Waals surface area contributed by atoms with Crippen LogP contribution in [0.4, 0.5) is 0 Å². The van der Waals surface area contributed by atoms with Gasteiger partial charge in [-0.2, -0.15) is 0 Å². The molecule has 0 bridgehead atoms. The van der Waals surface area contributed by atoms with Gasteiger partial charge >= 0.3 is 23.9 Å². The molecule has 3 aliphatic rings. The lowest BCUT2D eigenvalue weighted by Crippen LogP contribution is -2.56. The molecule has 6 unspecified atom stereocenters. The Kier molecular flexibility index (Phi) is 5.86. The molecule has 1 aliphatic heterocycles. The van der Waals surface area contributed by atoms with Gasteiger partial charge in [0.05, 0.1) is 5.92 Å². The van der Waals surface area contributed by atoms with E-state index in [1.165, 1.54) is 20.8 Å². The lowest BCUT2D eigenvalue weighted by Gasteiger charge is -2.52. The van der Waals surface area contributed by atoms with Gasteiger partial charge in [-0.05, 0) is 31.4 Å². The Bertz CT molecular complexity index is 913. The van der Waals surface area contributed by atoms with Gasteiger partial charge in [-0.1, -0.05) is 20.1 Å². The zero-order valence-corrected chi connectivity index (χ0v) is 18.5. The average Bonchev–Trinajstić information content (AvgIpc) is 2.91. The summed E-state index contributed by atoms with van der Waals surface area (Å²) < 4.78 is 22.5. The fourth-order valence-corrected chi connectivity index (χ4v) is 5.07. The summed E-state index contributed by atoms with van der Waals surface area (Å²) in [6.07, 6.45) is -2.23. The van der Waals surface area contributed by atoms with Crippen LogP contribution in [-0.2, 0) is 38.1 Å². The Hall–Kier alpha value is -2.90. The van der Waals surface area contributed by atoms with E-state index in [9.17, 15) is 19.2 Å². The second kappa shape index (κ2) is 7.98. The van der Waals surface area contributed by atoms with E-state index in [0.717, 1.165) is 0 Å². The van der Waals surface area contributed by atoms with Crippen molar-refractivity contribution in [3.8, 4) is 0 Å². The van der Waals surface area contributed by atoms with Gasteiger partial charge in [0, 0.05) is 36.8 Å². The van der Waals surface area contributed by atoms with Crippen LogP contribution in [0.3, 0.4) is 0 Å². The molecule has 0 aromatic heterocycles. The number of ether oxygens (including phenoxy) is 4. The molecule has 0 spiro atoms. The molecule has 2 fully saturated rings. The van der Waals surface area contributed by atoms with Crippen molar-refractivity contribution in [1.82, 2.24) is 0 Å². The van der Waals surface area contributed by atoms with Crippen molar-refractivity contribution in [1.29, 1.82) is 0 Å². The highest BCUT2D eigenvalue weighted by atomic mass is 16.6. The number of carbonyl (C=O) groups is 4. The molecule has 2 aliphatic carbocycles. The van der Waals surface area contributed by atoms with Crippen molar-refractivity contribution in [2.75, 3.05) is 0 Å². The Labute approximate surface area is 181 Å². The zero-order valence-electron chi connectivity index (χ0n) is 18.5. The summed E-state index contributed by atoms with van der Waals surface area (Å²) in [4.78, 5) is 48.4. The highest BCUT2D eigenvalue weighted by molar-refractivity contribution is 5.92. The average molecular weight is 432 g/mol. The quantitative estimate of drug-likeness (QED) is 0.289. The first-order valence-electron chi connectivity index (χ1n) is 10.2. The van der Waals surface area contributed by atoms with Gasteiger partial charge in [0.1, 0.15) is 24.4 Å². The van der Waals surface area contributed by atoms with Crippen LogP contribution in [0, 0.1) is 11.3 Å². The van der Waals surface area contributed by atoms with E-state index < -0.39 is 59.6 Å². The maximum Gasteiger partial charge on any atom is 0.334 e. The van der Waals surface area contributed by atoms with Gasteiger partial charge in [0.25, 0.3) is 0 Å². The molecule has 3 rings (SSSR count). The number of hydrogen-bond donors (Lipinski definition) is 0. The third-order valence-corrected chi connectivity index (χ3v) is 6.42. The Morgan fingerprint density at radius 1 is 1.10 bits per heavy atom. The molecule has 168 valence electrons. The lowest BCUT2D eigenvalue weighted by molar-refractivity contribution is -0.170. The predicted octanol–water partition coefficient (Wildman–Crippen LogP) is 2.57. The largest absolute Gasteiger partial charge is 0.461 e. The summed E-state index contributed by atoms with van der Waals surface area (Å²) >= 11 is 0. The highest BCUT2D eigenvalue weighted by Gasteiger charge is 2.61. The van der Waals surface area contributed by atoms with Crippen LogP contribution in [0.2, 0.25) is 0 Å². The van der Waals surface area contributed by atoms with Gasteiger partial charge in [-0.25, -0.2) is 9.59 Å². The number of rotatable bonds is 4. The van der Waals surface area contributed by atoms with E-state index in [2.05, 4.69) is 13.2 Å².